The highest BCUT2D eigenvalue weighted by atomic mass is 79.9. The van der Waals surface area contributed by atoms with Gasteiger partial charge in [0.25, 0.3) is 0 Å². The SMILES string of the molecule is NCc1ccc(F)c(NC(=O)Nc2ccc(Br)cn2)c1. The zero-order valence-electron chi connectivity index (χ0n) is 10.4. The number of carbonyl (C=O) groups is 1. The van der Waals surface area contributed by atoms with E-state index in [1.807, 2.05) is 0 Å². The molecule has 5 nitrogen and oxygen atoms in total. The van der Waals surface area contributed by atoms with Gasteiger partial charge in [0.2, 0.25) is 0 Å². The molecule has 1 heterocycles. The summed E-state index contributed by atoms with van der Waals surface area (Å²) in [5, 5.41) is 4.92. The van der Waals surface area contributed by atoms with Crippen molar-refractivity contribution in [3.63, 3.8) is 0 Å². The number of nitrogens with one attached hydrogen (secondary N) is 2. The first-order valence-electron chi connectivity index (χ1n) is 5.76. The predicted octanol–water partition coefficient (Wildman–Crippen LogP) is 3.09. The maximum Gasteiger partial charge on any atom is 0.324 e. The van der Waals surface area contributed by atoms with Crippen LogP contribution in [0.15, 0.2) is 41.0 Å². The van der Waals surface area contributed by atoms with Crippen LogP contribution in [0, 0.1) is 5.82 Å². The Bertz CT molecular complexity index is 618. The van der Waals surface area contributed by atoms with E-state index in [0.29, 0.717) is 5.82 Å². The fourth-order valence-corrected chi connectivity index (χ4v) is 1.75. The van der Waals surface area contributed by atoms with Gasteiger partial charge in [-0.25, -0.2) is 14.2 Å². The summed E-state index contributed by atoms with van der Waals surface area (Å²) in [6.45, 7) is 0.269. The Hall–Kier alpha value is -1.99. The molecule has 0 aliphatic heterocycles. The lowest BCUT2D eigenvalue weighted by Crippen LogP contribution is -2.21. The fourth-order valence-electron chi connectivity index (χ4n) is 1.51. The minimum atomic E-state index is -0.576. The molecule has 1 aromatic heterocycles. The number of pyridine rings is 1. The van der Waals surface area contributed by atoms with E-state index in [4.69, 9.17) is 5.73 Å². The first kappa shape index (κ1) is 14.4. The molecule has 0 radical (unpaired) electrons. The summed E-state index contributed by atoms with van der Waals surface area (Å²) in [6, 6.07) is 7.09. The lowest BCUT2D eigenvalue weighted by Gasteiger charge is -2.09. The highest BCUT2D eigenvalue weighted by Gasteiger charge is 2.08. The summed E-state index contributed by atoms with van der Waals surface area (Å²) >= 11 is 3.24. The monoisotopic (exact) mass is 338 g/mol. The molecule has 2 aromatic rings. The van der Waals surface area contributed by atoms with E-state index in [1.54, 1.807) is 24.4 Å². The van der Waals surface area contributed by atoms with Gasteiger partial charge < -0.3 is 11.1 Å². The standard InChI is InChI=1S/C13H12BrFN4O/c14-9-2-4-12(17-7-9)19-13(20)18-11-5-8(6-16)1-3-10(11)15/h1-5,7H,6,16H2,(H2,17,18,19,20). The van der Waals surface area contributed by atoms with E-state index in [-0.39, 0.29) is 12.2 Å². The van der Waals surface area contributed by atoms with Gasteiger partial charge in [-0.2, -0.15) is 0 Å². The second-order valence-corrected chi connectivity index (χ2v) is 4.87. The van der Waals surface area contributed by atoms with Crippen molar-refractivity contribution in [2.24, 2.45) is 5.73 Å². The molecule has 7 heteroatoms. The molecule has 0 fully saturated rings. The molecule has 0 aliphatic carbocycles. The van der Waals surface area contributed by atoms with Crippen LogP contribution in [0.3, 0.4) is 0 Å². The van der Waals surface area contributed by atoms with Gasteiger partial charge in [-0.3, -0.25) is 5.32 Å². The topological polar surface area (TPSA) is 80.0 Å². The highest BCUT2D eigenvalue weighted by molar-refractivity contribution is 9.10. The zero-order chi connectivity index (χ0) is 14.5. The van der Waals surface area contributed by atoms with Crippen molar-refractivity contribution in [2.75, 3.05) is 10.6 Å². The minimum Gasteiger partial charge on any atom is -0.326 e. The summed E-state index contributed by atoms with van der Waals surface area (Å²) in [7, 11) is 0. The summed E-state index contributed by atoms with van der Waals surface area (Å²) in [4.78, 5) is 15.7. The molecule has 0 bridgehead atoms. The second-order valence-electron chi connectivity index (χ2n) is 3.96. The smallest absolute Gasteiger partial charge is 0.324 e. The summed E-state index contributed by atoms with van der Waals surface area (Å²) in [6.07, 6.45) is 1.55. The number of hydrogen-bond donors (Lipinski definition) is 3. The molecule has 0 aliphatic rings. The normalized spacial score (nSPS) is 10.2. The van der Waals surface area contributed by atoms with E-state index >= 15 is 0 Å². The number of hydrogen-bond acceptors (Lipinski definition) is 3. The Morgan fingerprint density at radius 2 is 2.10 bits per heavy atom. The molecule has 0 saturated heterocycles. The number of amides is 2. The third kappa shape index (κ3) is 3.75. The number of anilines is 2. The Kier molecular flexibility index (Phi) is 4.65. The van der Waals surface area contributed by atoms with Crippen molar-refractivity contribution >= 4 is 33.5 Å². The van der Waals surface area contributed by atoms with Crippen LogP contribution in [-0.2, 0) is 6.54 Å². The number of aromatic nitrogens is 1. The molecule has 2 rings (SSSR count). The molecule has 0 unspecified atom stereocenters. The van der Waals surface area contributed by atoms with Crippen LogP contribution >= 0.6 is 15.9 Å². The molecule has 0 saturated carbocycles. The summed E-state index contributed by atoms with van der Waals surface area (Å²) in [5.41, 5.74) is 6.27. The largest absolute Gasteiger partial charge is 0.326 e. The molecule has 4 N–H and O–H groups in total. The van der Waals surface area contributed by atoms with Gasteiger partial charge >= 0.3 is 6.03 Å². The van der Waals surface area contributed by atoms with E-state index in [9.17, 15) is 9.18 Å². The molecule has 2 amide bonds. The molecular formula is C13H12BrFN4O. The van der Waals surface area contributed by atoms with E-state index in [0.717, 1.165) is 10.0 Å². The van der Waals surface area contributed by atoms with Gasteiger partial charge in [0, 0.05) is 17.2 Å². The van der Waals surface area contributed by atoms with E-state index < -0.39 is 11.8 Å². The molecule has 20 heavy (non-hydrogen) atoms. The first-order chi connectivity index (χ1) is 9.58. The van der Waals surface area contributed by atoms with Gasteiger partial charge in [-0.1, -0.05) is 6.07 Å². The van der Waals surface area contributed by atoms with Crippen LogP contribution in [0.25, 0.3) is 0 Å². The molecule has 0 spiro atoms. The lowest BCUT2D eigenvalue weighted by molar-refractivity contribution is 0.262. The third-order valence-corrected chi connectivity index (χ3v) is 2.95. The molecule has 1 aromatic carbocycles. The van der Waals surface area contributed by atoms with Crippen LogP contribution in [0.4, 0.5) is 20.7 Å². The molecule has 0 atom stereocenters. The number of carbonyl (C=O) groups excluding carboxylic acids is 1. The minimum absolute atomic E-state index is 0.0718. The van der Waals surface area contributed by atoms with Crippen molar-refractivity contribution < 1.29 is 9.18 Å². The first-order valence-corrected chi connectivity index (χ1v) is 6.56. The Morgan fingerprint density at radius 1 is 1.30 bits per heavy atom. The van der Waals surface area contributed by atoms with Crippen LogP contribution in [0.2, 0.25) is 0 Å². The fraction of sp³-hybridized carbons (Fsp3) is 0.0769. The van der Waals surface area contributed by atoms with Crippen molar-refractivity contribution in [3.8, 4) is 0 Å². The van der Waals surface area contributed by atoms with Gasteiger partial charge in [-0.05, 0) is 45.8 Å². The maximum atomic E-state index is 13.6. The maximum absolute atomic E-state index is 13.6. The average Bonchev–Trinajstić information content (AvgIpc) is 2.44. The number of urea groups is 1. The van der Waals surface area contributed by atoms with Crippen LogP contribution in [-0.4, -0.2) is 11.0 Å². The molecular weight excluding hydrogens is 327 g/mol. The summed E-state index contributed by atoms with van der Waals surface area (Å²) < 4.78 is 14.3. The van der Waals surface area contributed by atoms with Crippen molar-refractivity contribution in [3.05, 3.63) is 52.4 Å². The van der Waals surface area contributed by atoms with Gasteiger partial charge in [0.15, 0.2) is 0 Å². The van der Waals surface area contributed by atoms with Crippen molar-refractivity contribution in [1.82, 2.24) is 4.98 Å². The van der Waals surface area contributed by atoms with Crippen LogP contribution < -0.4 is 16.4 Å². The second kappa shape index (κ2) is 6.44. The predicted molar refractivity (Wildman–Crippen MR) is 78.9 cm³/mol. The highest BCUT2D eigenvalue weighted by Crippen LogP contribution is 2.16. The average molecular weight is 339 g/mol. The van der Waals surface area contributed by atoms with Crippen molar-refractivity contribution in [1.29, 1.82) is 0 Å². The Balaban J connectivity index is 2.06. The van der Waals surface area contributed by atoms with Gasteiger partial charge in [0.05, 0.1) is 5.69 Å². The number of rotatable bonds is 3. The summed E-state index contributed by atoms with van der Waals surface area (Å²) in [5.74, 6) is -0.165. The Labute approximate surface area is 123 Å². The third-order valence-electron chi connectivity index (χ3n) is 2.48. The van der Waals surface area contributed by atoms with Gasteiger partial charge in [0.1, 0.15) is 11.6 Å². The zero-order valence-corrected chi connectivity index (χ0v) is 11.9. The number of nitrogens with two attached hydrogens (primary N) is 1. The lowest BCUT2D eigenvalue weighted by atomic mass is 10.2. The number of halogens is 2. The Morgan fingerprint density at radius 3 is 2.75 bits per heavy atom. The van der Waals surface area contributed by atoms with Gasteiger partial charge in [-0.15, -0.1) is 0 Å². The number of nitrogens with zero attached hydrogens (tertiary/aromatic N) is 1. The van der Waals surface area contributed by atoms with E-state index in [1.165, 1.54) is 12.1 Å². The molecule has 104 valence electrons. The number of benzene rings is 1. The van der Waals surface area contributed by atoms with Crippen molar-refractivity contribution in [2.45, 2.75) is 6.54 Å². The van der Waals surface area contributed by atoms with Crippen LogP contribution in [0.5, 0.6) is 0 Å². The van der Waals surface area contributed by atoms with E-state index in [2.05, 4.69) is 31.5 Å². The quantitative estimate of drug-likeness (QED) is 0.804. The van der Waals surface area contributed by atoms with Crippen LogP contribution in [0.1, 0.15) is 5.56 Å².